The van der Waals surface area contributed by atoms with Gasteiger partial charge in [-0.2, -0.15) is 5.10 Å². The molecule has 9 nitrogen and oxygen atoms in total. The molecular formula is C16H19N5O4. The molecular weight excluding hydrogens is 326 g/mol. The first kappa shape index (κ1) is 16.7. The molecule has 1 aliphatic rings. The monoisotopic (exact) mass is 345 g/mol. The summed E-state index contributed by atoms with van der Waals surface area (Å²) in [5, 5.41) is 25.0. The van der Waals surface area contributed by atoms with Crippen LogP contribution in [0, 0.1) is 17.0 Å². The van der Waals surface area contributed by atoms with Crippen molar-refractivity contribution in [1.82, 2.24) is 14.7 Å². The average Bonchev–Trinajstić information content (AvgIpc) is 2.88. The standard InChI is InChI=1S/C16H19N5O4/c1-11-14(21(24)25)15(18(2)17-11)19-6-8-20(9-7-19)16(23)12-4-3-5-13(22)10-12/h3-5,10,22H,6-9H2,1-2H3. The Morgan fingerprint density at radius 3 is 2.56 bits per heavy atom. The van der Waals surface area contributed by atoms with E-state index in [0.29, 0.717) is 43.3 Å². The third-order valence-electron chi connectivity index (χ3n) is 4.30. The van der Waals surface area contributed by atoms with Crippen molar-refractivity contribution in [2.45, 2.75) is 6.92 Å². The van der Waals surface area contributed by atoms with E-state index in [1.54, 1.807) is 31.0 Å². The van der Waals surface area contributed by atoms with Crippen molar-refractivity contribution < 1.29 is 14.8 Å². The molecule has 1 fully saturated rings. The first-order valence-electron chi connectivity index (χ1n) is 7.89. The fourth-order valence-corrected chi connectivity index (χ4v) is 3.15. The largest absolute Gasteiger partial charge is 0.508 e. The van der Waals surface area contributed by atoms with E-state index in [4.69, 9.17) is 0 Å². The van der Waals surface area contributed by atoms with Gasteiger partial charge < -0.3 is 14.9 Å². The summed E-state index contributed by atoms with van der Waals surface area (Å²) in [4.78, 5) is 27.0. The molecule has 1 N–H and O–H groups in total. The van der Waals surface area contributed by atoms with Crippen LogP contribution >= 0.6 is 0 Å². The molecule has 0 bridgehead atoms. The molecule has 0 spiro atoms. The number of aromatic hydroxyl groups is 1. The molecule has 0 radical (unpaired) electrons. The molecule has 25 heavy (non-hydrogen) atoms. The van der Waals surface area contributed by atoms with Crippen molar-refractivity contribution in [1.29, 1.82) is 0 Å². The molecule has 1 aromatic heterocycles. The van der Waals surface area contributed by atoms with E-state index >= 15 is 0 Å². The van der Waals surface area contributed by atoms with E-state index in [2.05, 4.69) is 5.10 Å². The van der Waals surface area contributed by atoms with E-state index in [0.717, 1.165) is 0 Å². The lowest BCUT2D eigenvalue weighted by molar-refractivity contribution is -0.384. The van der Waals surface area contributed by atoms with Crippen molar-refractivity contribution >= 4 is 17.4 Å². The summed E-state index contributed by atoms with van der Waals surface area (Å²) in [7, 11) is 1.68. The van der Waals surface area contributed by atoms with Gasteiger partial charge in [0.2, 0.25) is 5.82 Å². The number of anilines is 1. The maximum absolute atomic E-state index is 12.5. The highest BCUT2D eigenvalue weighted by Crippen LogP contribution is 2.31. The van der Waals surface area contributed by atoms with E-state index in [1.165, 1.54) is 16.8 Å². The first-order chi connectivity index (χ1) is 11.9. The van der Waals surface area contributed by atoms with Crippen molar-refractivity contribution in [3.63, 3.8) is 0 Å². The summed E-state index contributed by atoms with van der Waals surface area (Å²) in [6.07, 6.45) is 0. The predicted octanol–water partition coefficient (Wildman–Crippen LogP) is 1.30. The minimum Gasteiger partial charge on any atom is -0.508 e. The van der Waals surface area contributed by atoms with Crippen LogP contribution in [-0.2, 0) is 7.05 Å². The minimum absolute atomic E-state index is 0.00950. The molecule has 3 rings (SSSR count). The van der Waals surface area contributed by atoms with Gasteiger partial charge >= 0.3 is 5.69 Å². The quantitative estimate of drug-likeness (QED) is 0.664. The second kappa shape index (κ2) is 6.42. The third-order valence-corrected chi connectivity index (χ3v) is 4.30. The molecule has 0 atom stereocenters. The van der Waals surface area contributed by atoms with Gasteiger partial charge in [-0.25, -0.2) is 4.68 Å². The molecule has 0 unspecified atom stereocenters. The Balaban J connectivity index is 1.75. The molecule has 1 aromatic carbocycles. The number of carbonyl (C=O) groups is 1. The van der Waals surface area contributed by atoms with Crippen LogP contribution in [-0.4, -0.2) is 56.8 Å². The Morgan fingerprint density at radius 1 is 1.28 bits per heavy atom. The van der Waals surface area contributed by atoms with Crippen LogP contribution in [0.2, 0.25) is 0 Å². The summed E-state index contributed by atoms with van der Waals surface area (Å²) in [5.41, 5.74) is 0.812. The number of aromatic nitrogens is 2. The number of nitrogens with zero attached hydrogens (tertiary/aromatic N) is 5. The SMILES string of the molecule is Cc1nn(C)c(N2CCN(C(=O)c3cccc(O)c3)CC2)c1[N+](=O)[O-]. The Labute approximate surface area is 144 Å². The average molecular weight is 345 g/mol. The lowest BCUT2D eigenvalue weighted by Crippen LogP contribution is -2.49. The molecule has 1 amide bonds. The van der Waals surface area contributed by atoms with Gasteiger partial charge in [0.25, 0.3) is 5.91 Å². The number of hydrogen-bond acceptors (Lipinski definition) is 6. The van der Waals surface area contributed by atoms with Gasteiger partial charge in [0.15, 0.2) is 0 Å². The predicted molar refractivity (Wildman–Crippen MR) is 90.8 cm³/mol. The van der Waals surface area contributed by atoms with Gasteiger partial charge in [0, 0.05) is 38.8 Å². The van der Waals surface area contributed by atoms with Gasteiger partial charge in [0.05, 0.1) is 4.92 Å². The lowest BCUT2D eigenvalue weighted by atomic mass is 10.1. The zero-order valence-electron chi connectivity index (χ0n) is 14.0. The molecule has 2 heterocycles. The van der Waals surface area contributed by atoms with Crippen molar-refractivity contribution in [3.8, 4) is 5.75 Å². The van der Waals surface area contributed by atoms with Gasteiger partial charge in [-0.3, -0.25) is 14.9 Å². The number of carbonyl (C=O) groups excluding carboxylic acids is 1. The summed E-state index contributed by atoms with van der Waals surface area (Å²) in [6, 6.07) is 6.23. The second-order valence-electron chi connectivity index (χ2n) is 5.97. The molecule has 132 valence electrons. The first-order valence-corrected chi connectivity index (χ1v) is 7.89. The molecule has 0 saturated carbocycles. The van der Waals surface area contributed by atoms with Crippen LogP contribution in [0.1, 0.15) is 16.1 Å². The fourth-order valence-electron chi connectivity index (χ4n) is 3.15. The van der Waals surface area contributed by atoms with Crippen LogP contribution in [0.4, 0.5) is 11.5 Å². The van der Waals surface area contributed by atoms with Crippen molar-refractivity contribution in [2.24, 2.45) is 7.05 Å². The number of rotatable bonds is 3. The zero-order chi connectivity index (χ0) is 18.1. The van der Waals surface area contributed by atoms with E-state index < -0.39 is 4.92 Å². The number of phenolic OH excluding ortho intramolecular Hbond substituents is 1. The van der Waals surface area contributed by atoms with Gasteiger partial charge in [-0.15, -0.1) is 0 Å². The van der Waals surface area contributed by atoms with Crippen LogP contribution in [0.25, 0.3) is 0 Å². The van der Waals surface area contributed by atoms with E-state index in [1.807, 2.05) is 4.90 Å². The number of amides is 1. The smallest absolute Gasteiger partial charge is 0.333 e. The molecule has 0 aliphatic carbocycles. The highest BCUT2D eigenvalue weighted by atomic mass is 16.6. The van der Waals surface area contributed by atoms with Crippen LogP contribution < -0.4 is 4.90 Å². The van der Waals surface area contributed by atoms with E-state index in [-0.39, 0.29) is 17.3 Å². The zero-order valence-corrected chi connectivity index (χ0v) is 14.0. The van der Waals surface area contributed by atoms with Gasteiger partial charge in [-0.05, 0) is 25.1 Å². The summed E-state index contributed by atoms with van der Waals surface area (Å²) in [5.74, 6) is 0.351. The normalized spacial score (nSPS) is 14.6. The van der Waals surface area contributed by atoms with Gasteiger partial charge in [-0.1, -0.05) is 6.07 Å². The molecule has 9 heteroatoms. The summed E-state index contributed by atoms with van der Waals surface area (Å²) < 4.78 is 1.51. The molecule has 1 saturated heterocycles. The van der Waals surface area contributed by atoms with Crippen LogP contribution in [0.15, 0.2) is 24.3 Å². The second-order valence-corrected chi connectivity index (χ2v) is 5.97. The number of piperazine rings is 1. The fraction of sp³-hybridized carbons (Fsp3) is 0.375. The number of aryl methyl sites for hydroxylation is 2. The van der Waals surface area contributed by atoms with Gasteiger partial charge in [0.1, 0.15) is 11.4 Å². The highest BCUT2D eigenvalue weighted by molar-refractivity contribution is 5.94. The van der Waals surface area contributed by atoms with Crippen molar-refractivity contribution in [3.05, 3.63) is 45.6 Å². The molecule has 1 aliphatic heterocycles. The Morgan fingerprint density at radius 2 is 1.96 bits per heavy atom. The van der Waals surface area contributed by atoms with Crippen LogP contribution in [0.5, 0.6) is 5.75 Å². The number of nitro groups is 1. The number of hydrogen-bond donors (Lipinski definition) is 1. The highest BCUT2D eigenvalue weighted by Gasteiger charge is 2.31. The third kappa shape index (κ3) is 3.12. The maximum Gasteiger partial charge on any atom is 0.333 e. The Bertz CT molecular complexity index is 824. The maximum atomic E-state index is 12.5. The molecule has 2 aromatic rings. The summed E-state index contributed by atoms with van der Waals surface area (Å²) in [6.45, 7) is 3.45. The Hall–Kier alpha value is -3.10. The topological polar surface area (TPSA) is 105 Å². The lowest BCUT2D eigenvalue weighted by Gasteiger charge is -2.35. The number of phenols is 1. The van der Waals surface area contributed by atoms with Crippen LogP contribution in [0.3, 0.4) is 0 Å². The number of benzene rings is 1. The Kier molecular flexibility index (Phi) is 4.30. The minimum atomic E-state index is -0.415. The summed E-state index contributed by atoms with van der Waals surface area (Å²) >= 11 is 0. The van der Waals surface area contributed by atoms with E-state index in [9.17, 15) is 20.0 Å². The van der Waals surface area contributed by atoms with Crippen molar-refractivity contribution in [2.75, 3.05) is 31.1 Å².